The van der Waals surface area contributed by atoms with Gasteiger partial charge in [-0.25, -0.2) is 4.79 Å². The number of rotatable bonds is 4. The average Bonchev–Trinajstić information content (AvgIpc) is 2.36. The standard InChI is InChI=1S/C15H25NO5/c1-15(2,3)21-14(19)16-11-7-5-10(6-8-11)12(17)9-13(18)20-4/h10-11H,5-9H2,1-4H3,(H,16,19)/t10-,11-. The molecule has 0 heterocycles. The van der Waals surface area contributed by atoms with Crippen LogP contribution in [0.2, 0.25) is 0 Å². The molecule has 6 heteroatoms. The molecule has 0 aliphatic heterocycles. The highest BCUT2D eigenvalue weighted by Crippen LogP contribution is 2.26. The lowest BCUT2D eigenvalue weighted by molar-refractivity contribution is -0.144. The highest BCUT2D eigenvalue weighted by Gasteiger charge is 2.29. The largest absolute Gasteiger partial charge is 0.469 e. The van der Waals surface area contributed by atoms with Crippen LogP contribution < -0.4 is 5.32 Å². The summed E-state index contributed by atoms with van der Waals surface area (Å²) >= 11 is 0. The zero-order valence-corrected chi connectivity index (χ0v) is 13.2. The molecule has 0 bridgehead atoms. The first-order valence-electron chi connectivity index (χ1n) is 7.30. The minimum absolute atomic E-state index is 0.0297. The van der Waals surface area contributed by atoms with Gasteiger partial charge in [-0.1, -0.05) is 0 Å². The van der Waals surface area contributed by atoms with Crippen LogP contribution in [0.25, 0.3) is 0 Å². The molecule has 1 amide bonds. The van der Waals surface area contributed by atoms with Gasteiger partial charge in [0.2, 0.25) is 0 Å². The maximum Gasteiger partial charge on any atom is 0.407 e. The van der Waals surface area contributed by atoms with Crippen molar-refractivity contribution in [1.82, 2.24) is 5.32 Å². The Bertz CT molecular complexity index is 391. The predicted molar refractivity (Wildman–Crippen MR) is 76.8 cm³/mol. The van der Waals surface area contributed by atoms with Gasteiger partial charge >= 0.3 is 12.1 Å². The van der Waals surface area contributed by atoms with Gasteiger partial charge in [0.1, 0.15) is 17.8 Å². The number of nitrogens with one attached hydrogen (secondary N) is 1. The number of Topliss-reactive ketones (excluding diaryl/α,β-unsaturated/α-hetero) is 1. The summed E-state index contributed by atoms with van der Waals surface area (Å²) in [5.41, 5.74) is -0.516. The van der Waals surface area contributed by atoms with Crippen molar-refractivity contribution in [3.05, 3.63) is 0 Å². The van der Waals surface area contributed by atoms with E-state index < -0.39 is 17.7 Å². The highest BCUT2D eigenvalue weighted by atomic mass is 16.6. The monoisotopic (exact) mass is 299 g/mol. The maximum absolute atomic E-state index is 11.9. The van der Waals surface area contributed by atoms with E-state index in [0.717, 1.165) is 12.8 Å². The number of hydrogen-bond donors (Lipinski definition) is 1. The molecule has 0 atom stereocenters. The highest BCUT2D eigenvalue weighted by molar-refractivity contribution is 5.96. The molecule has 120 valence electrons. The molecule has 1 N–H and O–H groups in total. The molecule has 1 saturated carbocycles. The van der Waals surface area contributed by atoms with Gasteiger partial charge in [0.25, 0.3) is 0 Å². The van der Waals surface area contributed by atoms with Crippen LogP contribution in [0.3, 0.4) is 0 Å². The Morgan fingerprint density at radius 1 is 1.10 bits per heavy atom. The Kier molecular flexibility index (Phi) is 6.18. The van der Waals surface area contributed by atoms with Crippen LogP contribution in [-0.4, -0.2) is 36.6 Å². The number of ether oxygens (including phenoxy) is 2. The third kappa shape index (κ3) is 6.60. The van der Waals surface area contributed by atoms with Crippen LogP contribution in [-0.2, 0) is 19.1 Å². The van der Waals surface area contributed by atoms with Crippen molar-refractivity contribution in [3.8, 4) is 0 Å². The number of hydrogen-bond acceptors (Lipinski definition) is 5. The molecule has 0 aromatic carbocycles. The number of carbonyl (C=O) groups is 3. The molecule has 0 radical (unpaired) electrons. The molecule has 0 unspecified atom stereocenters. The first-order chi connectivity index (χ1) is 9.71. The number of esters is 1. The molecule has 0 aromatic heterocycles. The summed E-state index contributed by atoms with van der Waals surface area (Å²) in [4.78, 5) is 34.6. The Labute approximate surface area is 125 Å². The fourth-order valence-corrected chi connectivity index (χ4v) is 2.39. The molecule has 0 aromatic rings. The molecule has 1 rings (SSSR count). The number of methoxy groups -OCH3 is 1. The summed E-state index contributed by atoms with van der Waals surface area (Å²) in [6.07, 6.45) is 2.21. The van der Waals surface area contributed by atoms with Crippen molar-refractivity contribution >= 4 is 17.8 Å². The fraction of sp³-hybridized carbons (Fsp3) is 0.800. The van der Waals surface area contributed by atoms with Crippen LogP contribution in [0.15, 0.2) is 0 Å². The SMILES string of the molecule is COC(=O)CC(=O)[C@H]1CC[C@H](NC(=O)OC(C)(C)C)CC1. The second-order valence-electron chi connectivity index (χ2n) is 6.41. The van der Waals surface area contributed by atoms with E-state index in [-0.39, 0.29) is 24.2 Å². The van der Waals surface area contributed by atoms with Crippen LogP contribution in [0.5, 0.6) is 0 Å². The third-order valence-electron chi connectivity index (χ3n) is 3.45. The Hall–Kier alpha value is -1.59. The molecule has 0 saturated heterocycles. The van der Waals surface area contributed by atoms with E-state index in [0.29, 0.717) is 12.8 Å². The van der Waals surface area contributed by atoms with Crippen LogP contribution in [0.1, 0.15) is 52.9 Å². The molecule has 6 nitrogen and oxygen atoms in total. The maximum atomic E-state index is 11.9. The third-order valence-corrected chi connectivity index (χ3v) is 3.45. The van der Waals surface area contributed by atoms with Crippen LogP contribution in [0.4, 0.5) is 4.79 Å². The van der Waals surface area contributed by atoms with Crippen molar-refractivity contribution in [2.45, 2.75) is 64.5 Å². The van der Waals surface area contributed by atoms with E-state index in [1.54, 1.807) is 0 Å². The molecular formula is C15H25NO5. The predicted octanol–water partition coefficient (Wildman–Crippen LogP) is 2.20. The summed E-state index contributed by atoms with van der Waals surface area (Å²) in [5.74, 6) is -0.674. The second kappa shape index (κ2) is 7.43. The van der Waals surface area contributed by atoms with E-state index >= 15 is 0 Å². The van der Waals surface area contributed by atoms with E-state index in [9.17, 15) is 14.4 Å². The van der Waals surface area contributed by atoms with Gasteiger partial charge < -0.3 is 14.8 Å². The molecular weight excluding hydrogens is 274 g/mol. The number of carbonyl (C=O) groups excluding carboxylic acids is 3. The smallest absolute Gasteiger partial charge is 0.407 e. The normalized spacial score (nSPS) is 22.3. The zero-order chi connectivity index (χ0) is 16.0. The topological polar surface area (TPSA) is 81.7 Å². The summed E-state index contributed by atoms with van der Waals surface area (Å²) in [6, 6.07) is 0.0297. The second-order valence-corrected chi connectivity index (χ2v) is 6.41. The number of alkyl carbamates (subject to hydrolysis) is 1. The van der Waals surface area contributed by atoms with Crippen LogP contribution in [0, 0.1) is 5.92 Å². The van der Waals surface area contributed by atoms with E-state index in [1.165, 1.54) is 7.11 Å². The average molecular weight is 299 g/mol. The number of ketones is 1. The van der Waals surface area contributed by atoms with Crippen molar-refractivity contribution in [3.63, 3.8) is 0 Å². The van der Waals surface area contributed by atoms with Gasteiger partial charge in [-0.15, -0.1) is 0 Å². The van der Waals surface area contributed by atoms with Crippen molar-refractivity contribution < 1.29 is 23.9 Å². The summed E-state index contributed by atoms with van der Waals surface area (Å²) < 4.78 is 9.70. The lowest BCUT2D eigenvalue weighted by atomic mass is 9.82. The Morgan fingerprint density at radius 3 is 2.14 bits per heavy atom. The van der Waals surface area contributed by atoms with Crippen molar-refractivity contribution in [2.24, 2.45) is 5.92 Å². The first kappa shape index (κ1) is 17.5. The minimum atomic E-state index is -0.516. The molecule has 0 spiro atoms. The summed E-state index contributed by atoms with van der Waals surface area (Å²) in [5, 5.41) is 2.82. The first-order valence-corrected chi connectivity index (χ1v) is 7.30. The molecule has 1 aliphatic rings. The summed E-state index contributed by atoms with van der Waals surface area (Å²) in [7, 11) is 1.28. The molecule has 21 heavy (non-hydrogen) atoms. The quantitative estimate of drug-likeness (QED) is 0.635. The van der Waals surface area contributed by atoms with Gasteiger partial charge in [-0.05, 0) is 46.5 Å². The fourth-order valence-electron chi connectivity index (χ4n) is 2.39. The lowest BCUT2D eigenvalue weighted by Crippen LogP contribution is -2.41. The number of amides is 1. The molecule has 1 aliphatic carbocycles. The van der Waals surface area contributed by atoms with Gasteiger partial charge in [-0.3, -0.25) is 9.59 Å². The Morgan fingerprint density at radius 2 is 1.67 bits per heavy atom. The van der Waals surface area contributed by atoms with E-state index in [2.05, 4.69) is 10.1 Å². The van der Waals surface area contributed by atoms with Crippen molar-refractivity contribution in [2.75, 3.05) is 7.11 Å². The minimum Gasteiger partial charge on any atom is -0.469 e. The van der Waals surface area contributed by atoms with Gasteiger partial charge in [-0.2, -0.15) is 0 Å². The van der Waals surface area contributed by atoms with Gasteiger partial charge in [0.15, 0.2) is 0 Å². The van der Waals surface area contributed by atoms with Crippen LogP contribution >= 0.6 is 0 Å². The van der Waals surface area contributed by atoms with Crippen molar-refractivity contribution in [1.29, 1.82) is 0 Å². The summed E-state index contributed by atoms with van der Waals surface area (Å²) in [6.45, 7) is 5.44. The van der Waals surface area contributed by atoms with Gasteiger partial charge in [0, 0.05) is 12.0 Å². The van der Waals surface area contributed by atoms with Gasteiger partial charge in [0.05, 0.1) is 7.11 Å². The molecule has 1 fully saturated rings. The Balaban J connectivity index is 2.34. The van der Waals surface area contributed by atoms with E-state index in [1.807, 2.05) is 20.8 Å². The lowest BCUT2D eigenvalue weighted by Gasteiger charge is -2.29. The zero-order valence-electron chi connectivity index (χ0n) is 13.2. The van der Waals surface area contributed by atoms with E-state index in [4.69, 9.17) is 4.74 Å².